The number of aliphatic hydroxyl groups is 2. The van der Waals surface area contributed by atoms with Crippen LogP contribution in [0.4, 0.5) is 0 Å². The number of rotatable bonds is 34. The number of hydrogen-bond acceptors (Lipinski definition) is 16. The van der Waals surface area contributed by atoms with Crippen molar-refractivity contribution in [1.29, 1.82) is 0 Å². The van der Waals surface area contributed by atoms with E-state index in [9.17, 15) is 67.7 Å². The van der Waals surface area contributed by atoms with Crippen LogP contribution in [-0.4, -0.2) is 186 Å². The van der Waals surface area contributed by atoms with E-state index in [1.54, 1.807) is 62.4 Å². The van der Waals surface area contributed by atoms with Crippen LogP contribution in [0.15, 0.2) is 35.3 Å². The summed E-state index contributed by atoms with van der Waals surface area (Å²) < 4.78 is 0. The van der Waals surface area contributed by atoms with Gasteiger partial charge in [-0.1, -0.05) is 111 Å². The van der Waals surface area contributed by atoms with Crippen LogP contribution in [0.1, 0.15) is 126 Å². The van der Waals surface area contributed by atoms with E-state index in [4.69, 9.17) is 17.2 Å². The Bertz CT molecular complexity index is 2560. The number of guanidine groups is 1. The van der Waals surface area contributed by atoms with Gasteiger partial charge in [0, 0.05) is 13.0 Å². The van der Waals surface area contributed by atoms with Crippen LogP contribution in [0.3, 0.4) is 0 Å². The number of aliphatic imine (C=N–C) groups is 1. The molecule has 30 heteroatoms. The zero-order chi connectivity index (χ0) is 66.5. The lowest BCUT2D eigenvalue weighted by Crippen LogP contribution is -2.64. The number of likely N-dealkylation sites (N-methyl/N-ethyl adjacent to an activating group) is 1. The van der Waals surface area contributed by atoms with Gasteiger partial charge in [0.15, 0.2) is 5.96 Å². The van der Waals surface area contributed by atoms with Crippen LogP contribution in [0.5, 0.6) is 0 Å². The second-order valence-electron chi connectivity index (χ2n) is 22.6. The molecule has 1 heterocycles. The largest absolute Gasteiger partial charge is 0.394 e. The van der Waals surface area contributed by atoms with E-state index < -0.39 is 193 Å². The van der Waals surface area contributed by atoms with Crippen LogP contribution in [0.2, 0.25) is 0 Å². The molecule has 88 heavy (non-hydrogen) atoms. The van der Waals surface area contributed by atoms with Crippen LogP contribution in [-0.2, 0) is 64.0 Å². The molecule has 1 saturated heterocycles. The Hall–Kier alpha value is -7.99. The lowest BCUT2D eigenvalue weighted by molar-refractivity contribution is -0.138. The Morgan fingerprint density at radius 2 is 1.05 bits per heavy atom. The average Bonchev–Trinajstić information content (AvgIpc) is 3.14. The summed E-state index contributed by atoms with van der Waals surface area (Å²) in [5, 5.41) is 52.2. The molecule has 0 spiro atoms. The van der Waals surface area contributed by atoms with Crippen LogP contribution < -0.4 is 81.0 Å². The van der Waals surface area contributed by atoms with Gasteiger partial charge in [-0.25, -0.2) is 0 Å². The Labute approximate surface area is 514 Å². The predicted octanol–water partition coefficient (Wildman–Crippen LogP) is -4.31. The third-order valence-corrected chi connectivity index (χ3v) is 15.8. The average molecular weight is 1240 g/mol. The molecule has 0 unspecified atom stereocenters. The smallest absolute Gasteiger partial charge is 0.245 e. The number of benzene rings is 1. The van der Waals surface area contributed by atoms with E-state index in [2.05, 4.69) is 68.8 Å². The summed E-state index contributed by atoms with van der Waals surface area (Å²) in [5.74, 6) is -12.9. The topological polar surface area (TPSA) is 480 Å². The lowest BCUT2D eigenvalue weighted by Gasteiger charge is -2.32. The van der Waals surface area contributed by atoms with Gasteiger partial charge >= 0.3 is 0 Å². The van der Waals surface area contributed by atoms with Crippen molar-refractivity contribution in [2.75, 3.05) is 26.8 Å². The number of nitrogens with zero attached hydrogens (tertiary/aromatic N) is 1. The maximum absolute atomic E-state index is 14.4. The molecule has 1 aliphatic heterocycles. The third-order valence-electron chi connectivity index (χ3n) is 15.8. The van der Waals surface area contributed by atoms with E-state index in [1.165, 1.54) is 13.8 Å². The maximum atomic E-state index is 14.4. The predicted molar refractivity (Wildman–Crippen MR) is 326 cm³/mol. The molecule has 1 aromatic rings. The third kappa shape index (κ3) is 24.3. The quantitative estimate of drug-likeness (QED) is 0.0176. The Balaban J connectivity index is 2.41. The first kappa shape index (κ1) is 76.1. The van der Waals surface area contributed by atoms with Crippen molar-refractivity contribution in [3.05, 3.63) is 35.9 Å². The molecule has 20 N–H and O–H groups in total. The highest BCUT2D eigenvalue weighted by Crippen LogP contribution is 2.16. The van der Waals surface area contributed by atoms with Gasteiger partial charge in [-0.3, -0.25) is 62.5 Å². The van der Waals surface area contributed by atoms with Crippen LogP contribution >= 0.6 is 0 Å². The van der Waals surface area contributed by atoms with Gasteiger partial charge in [0.2, 0.25) is 70.9 Å². The minimum Gasteiger partial charge on any atom is -0.394 e. The van der Waals surface area contributed by atoms with E-state index in [0.29, 0.717) is 19.3 Å². The van der Waals surface area contributed by atoms with Crippen molar-refractivity contribution in [2.24, 2.45) is 45.9 Å². The number of nitrogens with two attached hydrogens (primary N) is 3. The number of hydrogen-bond donors (Lipinski definition) is 17. The normalized spacial score (nSPS) is 21.0. The molecule has 0 aromatic heterocycles. The summed E-state index contributed by atoms with van der Waals surface area (Å²) in [6.45, 7) is 14.4. The first-order chi connectivity index (χ1) is 41.5. The summed E-state index contributed by atoms with van der Waals surface area (Å²) in [4.78, 5) is 169. The SMILES string of the molecule is CC[C@H](C)[C@@H]1NC(=O)[C@H](CCCN=C(N)N)NC(=O)[C@H](C)NC(=O)[C@H](NC(=O)[C@H](CO)NC(=O)[C@@H](NC(=O)[C@H](NC(=O)[C@@H](CCC(N)=O)NC(=O)[C@H](CO)NC(=O)[C@@H](NC(=O)[C@@H](Cc2ccccc2)NC)[C@@H](C)CC)[C@@H](C)CC)[C@@H](C)CC)[C@H](C)NC1=O. The molecule has 0 radical (unpaired) electrons. The molecule has 12 amide bonds. The molecular weight excluding hydrogens is 1140 g/mol. The summed E-state index contributed by atoms with van der Waals surface area (Å²) in [6.07, 6.45) is 1.09. The molecule has 1 fully saturated rings. The molecule has 2 rings (SSSR count). The van der Waals surface area contributed by atoms with E-state index >= 15 is 0 Å². The molecule has 30 nitrogen and oxygen atoms in total. The molecule has 494 valence electrons. The second-order valence-corrected chi connectivity index (χ2v) is 22.6. The number of aliphatic hydroxyl groups excluding tert-OH is 2. The number of primary amides is 1. The highest BCUT2D eigenvalue weighted by atomic mass is 16.3. The molecule has 1 aliphatic rings. The Morgan fingerprint density at radius 3 is 1.52 bits per heavy atom. The number of nitrogens with one attached hydrogen (secondary N) is 12. The van der Waals surface area contributed by atoms with Crippen molar-refractivity contribution in [3.8, 4) is 0 Å². The summed E-state index contributed by atoms with van der Waals surface area (Å²) in [7, 11) is 1.60. The van der Waals surface area contributed by atoms with E-state index in [-0.39, 0.29) is 38.2 Å². The van der Waals surface area contributed by atoms with Crippen molar-refractivity contribution in [2.45, 2.75) is 200 Å². The molecular formula is C58H98N16O14. The minimum atomic E-state index is -1.80. The summed E-state index contributed by atoms with van der Waals surface area (Å²) >= 11 is 0. The van der Waals surface area contributed by atoms with Crippen molar-refractivity contribution >= 4 is 76.8 Å². The Kier molecular flexibility index (Phi) is 33.1. The zero-order valence-corrected chi connectivity index (χ0v) is 52.6. The second kappa shape index (κ2) is 38.3. The standard InChI is InChI=1S/C58H98N16O14/c1-12-29(5)42-53(84)64-33(9)46(57(88)65-34(10)47(78)66-36(48(79)70-42)22-19-25-63-58(60)61)74-52(83)40(28-76)69-55(86)44(31(7)14-3)73-56(87)45(32(8)15-4)71-49(80)37(23-24-41(59)77)67-51(82)39(27-75)68-54(85)43(30(6)13-2)72-50(81)38(62-11)26-35-20-17-16-18-21-35/h16-18,20-21,29-34,36-40,42-46,62,75-76H,12-15,19,22-28H2,1-11H3,(H2,59,77)(H,64,84)(H,65,88)(H,66,78)(H,67,82)(H,68,85)(H,69,86)(H,70,79)(H,71,80)(H,72,81)(H,73,87)(H,74,83)(H4,60,61,63)/t29-,30-,31-,32-,33-,34-,36-,37+,38+,39-,40-,42-,43-,44-,45+,46+/m0/s1. The summed E-state index contributed by atoms with van der Waals surface area (Å²) in [5.41, 5.74) is 17.2. The first-order valence-electron chi connectivity index (χ1n) is 30.1. The lowest BCUT2D eigenvalue weighted by atomic mass is 9.94. The molecule has 0 bridgehead atoms. The van der Waals surface area contributed by atoms with E-state index in [0.717, 1.165) is 5.56 Å². The van der Waals surface area contributed by atoms with Gasteiger partial charge in [0.05, 0.1) is 25.3 Å². The van der Waals surface area contributed by atoms with Crippen molar-refractivity contribution in [3.63, 3.8) is 0 Å². The highest BCUT2D eigenvalue weighted by molar-refractivity contribution is 6.00. The molecule has 0 aliphatic carbocycles. The fraction of sp³-hybridized carbons (Fsp3) is 0.672. The Morgan fingerprint density at radius 1 is 0.568 bits per heavy atom. The van der Waals surface area contributed by atoms with Crippen LogP contribution in [0, 0.1) is 23.7 Å². The fourth-order valence-corrected chi connectivity index (χ4v) is 9.23. The number of carbonyl (C=O) groups excluding carboxylic acids is 12. The van der Waals surface area contributed by atoms with Crippen molar-refractivity contribution < 1.29 is 67.7 Å². The van der Waals surface area contributed by atoms with Crippen LogP contribution in [0.25, 0.3) is 0 Å². The van der Waals surface area contributed by atoms with Gasteiger partial charge in [-0.2, -0.15) is 0 Å². The van der Waals surface area contributed by atoms with E-state index in [1.807, 2.05) is 30.3 Å². The minimum absolute atomic E-state index is 0.0444. The molecule has 1 aromatic carbocycles. The summed E-state index contributed by atoms with van der Waals surface area (Å²) in [6, 6.07) is -7.30. The zero-order valence-electron chi connectivity index (χ0n) is 52.6. The van der Waals surface area contributed by atoms with Gasteiger partial charge < -0.3 is 91.2 Å². The van der Waals surface area contributed by atoms with Gasteiger partial charge in [0.1, 0.15) is 60.4 Å². The maximum Gasteiger partial charge on any atom is 0.245 e. The first-order valence-corrected chi connectivity index (χ1v) is 30.1. The van der Waals surface area contributed by atoms with Gasteiger partial charge in [0.25, 0.3) is 0 Å². The fourth-order valence-electron chi connectivity index (χ4n) is 9.23. The van der Waals surface area contributed by atoms with Gasteiger partial charge in [-0.15, -0.1) is 0 Å². The molecule has 0 saturated carbocycles. The monoisotopic (exact) mass is 1240 g/mol. The van der Waals surface area contributed by atoms with Gasteiger partial charge in [-0.05, 0) is 75.8 Å². The van der Waals surface area contributed by atoms with Crippen molar-refractivity contribution in [1.82, 2.24) is 63.8 Å². The highest BCUT2D eigenvalue weighted by Gasteiger charge is 2.40. The number of carbonyl (C=O) groups is 12. The molecule has 16 atom stereocenters. The number of amides is 12.